The Hall–Kier alpha value is -0.610. The van der Waals surface area contributed by atoms with Gasteiger partial charge in [-0.15, -0.1) is 0 Å². The van der Waals surface area contributed by atoms with Crippen LogP contribution in [0.25, 0.3) is 0 Å². The number of methoxy groups -OCH3 is 1. The van der Waals surface area contributed by atoms with Crippen LogP contribution < -0.4 is 10.6 Å². The first kappa shape index (κ1) is 15.4. The molecular weight excluding hydrogens is 204 g/mol. The molecule has 0 aliphatic heterocycles. The monoisotopic (exact) mass is 230 g/mol. The number of rotatable bonds is 8. The third-order valence-electron chi connectivity index (χ3n) is 2.88. The Bertz CT molecular complexity index is 195. The van der Waals surface area contributed by atoms with Gasteiger partial charge in [-0.2, -0.15) is 0 Å². The molecule has 0 aromatic rings. The summed E-state index contributed by atoms with van der Waals surface area (Å²) in [5.41, 5.74) is 0. The molecular formula is C12H26N2O2. The minimum absolute atomic E-state index is 0.0352. The van der Waals surface area contributed by atoms with E-state index < -0.39 is 0 Å². The Morgan fingerprint density at radius 2 is 1.88 bits per heavy atom. The third kappa shape index (κ3) is 6.80. The van der Waals surface area contributed by atoms with Crippen molar-refractivity contribution in [2.24, 2.45) is 11.8 Å². The summed E-state index contributed by atoms with van der Waals surface area (Å²) in [6, 6.07) is -0.141. The van der Waals surface area contributed by atoms with E-state index in [1.807, 2.05) is 6.92 Å². The summed E-state index contributed by atoms with van der Waals surface area (Å²) in [5, 5.41) is 6.05. The van der Waals surface area contributed by atoms with Gasteiger partial charge in [-0.25, -0.2) is 0 Å². The second-order valence-corrected chi connectivity index (χ2v) is 4.64. The maximum absolute atomic E-state index is 11.6. The number of amides is 1. The summed E-state index contributed by atoms with van der Waals surface area (Å²) in [6.45, 7) is 10.5. The third-order valence-corrected chi connectivity index (χ3v) is 2.88. The van der Waals surface area contributed by atoms with Gasteiger partial charge in [0.1, 0.15) is 0 Å². The van der Waals surface area contributed by atoms with Crippen molar-refractivity contribution in [2.45, 2.75) is 33.7 Å². The molecule has 0 aliphatic rings. The van der Waals surface area contributed by atoms with Gasteiger partial charge in [0, 0.05) is 13.7 Å². The van der Waals surface area contributed by atoms with Crippen molar-refractivity contribution in [2.75, 3.05) is 26.8 Å². The smallest absolute Gasteiger partial charge is 0.236 e. The zero-order chi connectivity index (χ0) is 12.6. The van der Waals surface area contributed by atoms with Gasteiger partial charge in [0.05, 0.1) is 12.6 Å². The molecule has 2 atom stereocenters. The zero-order valence-corrected chi connectivity index (χ0v) is 11.2. The lowest BCUT2D eigenvalue weighted by Crippen LogP contribution is -2.44. The van der Waals surface area contributed by atoms with Crippen LogP contribution in [0.2, 0.25) is 0 Å². The predicted molar refractivity (Wildman–Crippen MR) is 66.4 cm³/mol. The molecule has 0 heterocycles. The van der Waals surface area contributed by atoms with Crippen molar-refractivity contribution in [1.82, 2.24) is 10.6 Å². The molecule has 0 rings (SSSR count). The summed E-state index contributed by atoms with van der Waals surface area (Å²) in [6.07, 6.45) is 0. The van der Waals surface area contributed by atoms with Gasteiger partial charge < -0.3 is 15.4 Å². The molecule has 0 saturated heterocycles. The van der Waals surface area contributed by atoms with Gasteiger partial charge in [0.2, 0.25) is 5.91 Å². The molecule has 0 fully saturated rings. The SMILES string of the molecule is COCCNC(=O)C(C)NCC(C)C(C)C. The lowest BCUT2D eigenvalue weighted by Gasteiger charge is -2.19. The van der Waals surface area contributed by atoms with Gasteiger partial charge in [-0.3, -0.25) is 4.79 Å². The lowest BCUT2D eigenvalue weighted by atomic mass is 9.98. The van der Waals surface area contributed by atoms with Crippen molar-refractivity contribution >= 4 is 5.91 Å². The number of ether oxygens (including phenoxy) is 1. The highest BCUT2D eigenvalue weighted by Gasteiger charge is 2.13. The fraction of sp³-hybridized carbons (Fsp3) is 0.917. The Balaban J connectivity index is 3.70. The van der Waals surface area contributed by atoms with Crippen molar-refractivity contribution in [1.29, 1.82) is 0 Å². The minimum Gasteiger partial charge on any atom is -0.383 e. The highest BCUT2D eigenvalue weighted by Crippen LogP contribution is 2.07. The largest absolute Gasteiger partial charge is 0.383 e. The van der Waals surface area contributed by atoms with Crippen LogP contribution in [0.15, 0.2) is 0 Å². The average molecular weight is 230 g/mol. The van der Waals surface area contributed by atoms with Crippen LogP contribution in [0.1, 0.15) is 27.7 Å². The van der Waals surface area contributed by atoms with E-state index >= 15 is 0 Å². The molecule has 0 saturated carbocycles. The van der Waals surface area contributed by atoms with Gasteiger partial charge in [0.25, 0.3) is 0 Å². The van der Waals surface area contributed by atoms with Crippen molar-refractivity contribution in [3.63, 3.8) is 0 Å². The summed E-state index contributed by atoms with van der Waals surface area (Å²) >= 11 is 0. The van der Waals surface area contributed by atoms with E-state index in [4.69, 9.17) is 4.74 Å². The van der Waals surface area contributed by atoms with Crippen LogP contribution in [0.5, 0.6) is 0 Å². The summed E-state index contributed by atoms with van der Waals surface area (Å²) in [7, 11) is 1.62. The lowest BCUT2D eigenvalue weighted by molar-refractivity contribution is -0.123. The van der Waals surface area contributed by atoms with Crippen molar-refractivity contribution in [3.8, 4) is 0 Å². The highest BCUT2D eigenvalue weighted by molar-refractivity contribution is 5.81. The van der Waals surface area contributed by atoms with Crippen LogP contribution in [0, 0.1) is 11.8 Å². The fourth-order valence-corrected chi connectivity index (χ4v) is 1.12. The number of hydrogen-bond donors (Lipinski definition) is 2. The summed E-state index contributed by atoms with van der Waals surface area (Å²) in [5.74, 6) is 1.25. The van der Waals surface area contributed by atoms with Gasteiger partial charge in [-0.05, 0) is 25.3 Å². The molecule has 0 radical (unpaired) electrons. The fourth-order valence-electron chi connectivity index (χ4n) is 1.12. The van der Waals surface area contributed by atoms with Gasteiger partial charge in [-0.1, -0.05) is 20.8 Å². The van der Waals surface area contributed by atoms with E-state index in [0.717, 1.165) is 6.54 Å². The Labute approximate surface area is 99.1 Å². The Morgan fingerprint density at radius 3 is 2.38 bits per heavy atom. The predicted octanol–water partition coefficient (Wildman–Crippen LogP) is 1.02. The molecule has 4 nitrogen and oxygen atoms in total. The van der Waals surface area contributed by atoms with Gasteiger partial charge >= 0.3 is 0 Å². The Morgan fingerprint density at radius 1 is 1.25 bits per heavy atom. The quantitative estimate of drug-likeness (QED) is 0.612. The van der Waals surface area contributed by atoms with Crippen LogP contribution >= 0.6 is 0 Å². The molecule has 0 aromatic carbocycles. The maximum atomic E-state index is 11.6. The Kier molecular flexibility index (Phi) is 8.21. The van der Waals surface area contributed by atoms with E-state index in [1.54, 1.807) is 7.11 Å². The molecule has 96 valence electrons. The van der Waals surface area contributed by atoms with Crippen molar-refractivity contribution < 1.29 is 9.53 Å². The number of hydrogen-bond acceptors (Lipinski definition) is 3. The highest BCUT2D eigenvalue weighted by atomic mass is 16.5. The minimum atomic E-state index is -0.141. The average Bonchev–Trinajstić information content (AvgIpc) is 2.25. The van der Waals surface area contributed by atoms with Crippen molar-refractivity contribution in [3.05, 3.63) is 0 Å². The first-order valence-electron chi connectivity index (χ1n) is 5.99. The molecule has 0 aliphatic carbocycles. The zero-order valence-electron chi connectivity index (χ0n) is 11.2. The van der Waals surface area contributed by atoms with E-state index in [-0.39, 0.29) is 11.9 Å². The standard InChI is InChI=1S/C12H26N2O2/c1-9(2)10(3)8-14-11(4)12(15)13-6-7-16-5/h9-11,14H,6-8H2,1-5H3,(H,13,15). The van der Waals surface area contributed by atoms with E-state index in [9.17, 15) is 4.79 Å². The number of carbonyl (C=O) groups is 1. The molecule has 2 N–H and O–H groups in total. The van der Waals surface area contributed by atoms with E-state index in [0.29, 0.717) is 25.0 Å². The van der Waals surface area contributed by atoms with Crippen LogP contribution in [0.3, 0.4) is 0 Å². The van der Waals surface area contributed by atoms with Crippen LogP contribution in [-0.2, 0) is 9.53 Å². The second-order valence-electron chi connectivity index (χ2n) is 4.64. The van der Waals surface area contributed by atoms with E-state index in [1.165, 1.54) is 0 Å². The summed E-state index contributed by atoms with van der Waals surface area (Å²) < 4.78 is 4.87. The number of carbonyl (C=O) groups excluding carboxylic acids is 1. The normalized spacial score (nSPS) is 14.9. The molecule has 0 aromatic heterocycles. The maximum Gasteiger partial charge on any atom is 0.236 e. The molecule has 0 spiro atoms. The first-order valence-corrected chi connectivity index (χ1v) is 5.99. The van der Waals surface area contributed by atoms with Crippen LogP contribution in [0.4, 0.5) is 0 Å². The molecule has 1 amide bonds. The van der Waals surface area contributed by atoms with Gasteiger partial charge in [0.15, 0.2) is 0 Å². The number of nitrogens with one attached hydrogen (secondary N) is 2. The first-order chi connectivity index (χ1) is 7.49. The molecule has 2 unspecified atom stereocenters. The van der Waals surface area contributed by atoms with Crippen LogP contribution in [-0.4, -0.2) is 38.8 Å². The molecule has 0 bridgehead atoms. The summed E-state index contributed by atoms with van der Waals surface area (Å²) in [4.78, 5) is 11.6. The molecule has 16 heavy (non-hydrogen) atoms. The second kappa shape index (κ2) is 8.53. The molecule has 4 heteroatoms. The topological polar surface area (TPSA) is 50.4 Å². The van der Waals surface area contributed by atoms with E-state index in [2.05, 4.69) is 31.4 Å².